The number of methoxy groups -OCH3 is 3. The van der Waals surface area contributed by atoms with E-state index in [0.717, 1.165) is 28.1 Å². The lowest BCUT2D eigenvalue weighted by molar-refractivity contribution is -0.117. The molecule has 1 amide bonds. The highest BCUT2D eigenvalue weighted by Gasteiger charge is 2.11. The highest BCUT2D eigenvalue weighted by molar-refractivity contribution is 7.16. The van der Waals surface area contributed by atoms with Gasteiger partial charge >= 0.3 is 0 Å². The first-order valence-electron chi connectivity index (χ1n) is 8.55. The smallest absolute Gasteiger partial charge is 0.252 e. The number of carbonyl (C=O) groups is 1. The Hall–Kier alpha value is -2.80. The molecule has 3 rings (SSSR count). The molecule has 0 aliphatic carbocycles. The second kappa shape index (κ2) is 8.26. The number of amides is 1. The van der Waals surface area contributed by atoms with E-state index < -0.39 is 0 Å². The molecule has 0 radical (unpaired) electrons. The number of fused-ring (bicyclic) bond motifs is 1. The van der Waals surface area contributed by atoms with Crippen LogP contribution in [0.3, 0.4) is 0 Å². The van der Waals surface area contributed by atoms with E-state index in [-0.39, 0.29) is 12.3 Å². The summed E-state index contributed by atoms with van der Waals surface area (Å²) in [6, 6.07) is 11.3. The van der Waals surface area contributed by atoms with Gasteiger partial charge in [0.1, 0.15) is 17.2 Å². The Labute approximate surface area is 161 Å². The number of carbonyl (C=O) groups excluding carboxylic acids is 1. The fourth-order valence-electron chi connectivity index (χ4n) is 2.88. The van der Waals surface area contributed by atoms with Crippen molar-refractivity contribution in [3.8, 4) is 17.2 Å². The normalized spacial score (nSPS) is 11.6. The Morgan fingerprint density at radius 2 is 1.74 bits per heavy atom. The maximum Gasteiger partial charge on any atom is 0.252 e. The number of aryl methyl sites for hydroxylation is 1. The zero-order valence-electron chi connectivity index (χ0n) is 15.8. The van der Waals surface area contributed by atoms with Gasteiger partial charge in [-0.05, 0) is 31.2 Å². The molecule has 0 unspecified atom stereocenters. The first-order chi connectivity index (χ1) is 13.1. The topological polar surface area (TPSA) is 62.1 Å². The number of benzene rings is 2. The number of aromatic nitrogens is 1. The monoisotopic (exact) mass is 386 g/mol. The number of thiazole rings is 1. The Morgan fingerprint density at radius 1 is 1.04 bits per heavy atom. The number of nitrogens with zero attached hydrogens (tertiary/aromatic N) is 2. The molecule has 0 aliphatic heterocycles. The molecule has 27 heavy (non-hydrogen) atoms. The minimum Gasteiger partial charge on any atom is -0.497 e. The summed E-state index contributed by atoms with van der Waals surface area (Å²) < 4.78 is 18.9. The van der Waals surface area contributed by atoms with E-state index in [9.17, 15) is 4.79 Å². The Balaban J connectivity index is 1.95. The summed E-state index contributed by atoms with van der Waals surface area (Å²) in [5.74, 6) is 1.86. The molecule has 0 saturated heterocycles. The predicted molar refractivity (Wildman–Crippen MR) is 106 cm³/mol. The third-order valence-electron chi connectivity index (χ3n) is 4.26. The Morgan fingerprint density at radius 3 is 2.41 bits per heavy atom. The molecule has 3 aromatic rings. The standard InChI is InChI=1S/C20H22N2O4S/c1-5-22-16-9-8-15(25-3)12-18(16)27-20(22)21-19(23)10-13-6-7-14(24-2)11-17(13)26-4/h6-9,11-12H,5,10H2,1-4H3. The molecule has 142 valence electrons. The molecule has 0 spiro atoms. The van der Waals surface area contributed by atoms with Gasteiger partial charge in [-0.25, -0.2) is 0 Å². The van der Waals surface area contributed by atoms with E-state index in [2.05, 4.69) is 4.99 Å². The second-order valence-electron chi connectivity index (χ2n) is 5.82. The zero-order valence-corrected chi connectivity index (χ0v) is 16.6. The highest BCUT2D eigenvalue weighted by atomic mass is 32.1. The van der Waals surface area contributed by atoms with Crippen molar-refractivity contribution in [1.29, 1.82) is 0 Å². The summed E-state index contributed by atoms with van der Waals surface area (Å²) in [5, 5.41) is 0. The first kappa shape index (κ1) is 19.0. The number of hydrogen-bond acceptors (Lipinski definition) is 5. The molecule has 7 heteroatoms. The van der Waals surface area contributed by atoms with Gasteiger partial charge in [0.05, 0.1) is 38.0 Å². The lowest BCUT2D eigenvalue weighted by Gasteiger charge is -2.08. The highest BCUT2D eigenvalue weighted by Crippen LogP contribution is 2.26. The zero-order chi connectivity index (χ0) is 19.4. The molecule has 1 heterocycles. The molecule has 0 aliphatic rings. The Bertz CT molecular complexity index is 1040. The molecule has 2 aromatic carbocycles. The number of ether oxygens (including phenoxy) is 3. The van der Waals surface area contributed by atoms with Gasteiger partial charge in [-0.1, -0.05) is 17.4 Å². The van der Waals surface area contributed by atoms with Crippen LogP contribution in [-0.4, -0.2) is 31.8 Å². The molecule has 0 fully saturated rings. The molecule has 6 nitrogen and oxygen atoms in total. The Kier molecular flexibility index (Phi) is 5.81. The summed E-state index contributed by atoms with van der Waals surface area (Å²) in [6.45, 7) is 2.76. The van der Waals surface area contributed by atoms with E-state index in [1.165, 1.54) is 11.3 Å². The van der Waals surface area contributed by atoms with E-state index in [1.54, 1.807) is 27.4 Å². The molecule has 0 atom stereocenters. The fourth-order valence-corrected chi connectivity index (χ4v) is 4.02. The van der Waals surface area contributed by atoms with Gasteiger partial charge in [-0.2, -0.15) is 4.99 Å². The van der Waals surface area contributed by atoms with Crippen LogP contribution in [0.5, 0.6) is 17.2 Å². The van der Waals surface area contributed by atoms with Crippen molar-refractivity contribution in [1.82, 2.24) is 4.57 Å². The predicted octanol–water partition coefficient (Wildman–Crippen LogP) is 3.42. The van der Waals surface area contributed by atoms with Crippen LogP contribution in [0.15, 0.2) is 41.4 Å². The van der Waals surface area contributed by atoms with Gasteiger partial charge in [-0.3, -0.25) is 4.79 Å². The van der Waals surface area contributed by atoms with Gasteiger partial charge in [0, 0.05) is 18.2 Å². The summed E-state index contributed by atoms with van der Waals surface area (Å²) in [4.78, 5) is 17.6. The van der Waals surface area contributed by atoms with Crippen molar-refractivity contribution in [2.75, 3.05) is 21.3 Å². The van der Waals surface area contributed by atoms with E-state index in [0.29, 0.717) is 16.3 Å². The van der Waals surface area contributed by atoms with Gasteiger partial charge in [0.2, 0.25) is 0 Å². The van der Waals surface area contributed by atoms with Crippen molar-refractivity contribution in [3.05, 3.63) is 46.8 Å². The van der Waals surface area contributed by atoms with Crippen molar-refractivity contribution < 1.29 is 19.0 Å². The number of hydrogen-bond donors (Lipinski definition) is 0. The maximum atomic E-state index is 12.6. The van der Waals surface area contributed by atoms with E-state index >= 15 is 0 Å². The lowest BCUT2D eigenvalue weighted by Crippen LogP contribution is -2.16. The molecule has 0 saturated carbocycles. The summed E-state index contributed by atoms with van der Waals surface area (Å²) in [7, 11) is 4.80. The summed E-state index contributed by atoms with van der Waals surface area (Å²) in [5.41, 5.74) is 1.81. The van der Waals surface area contributed by atoms with E-state index in [4.69, 9.17) is 14.2 Å². The molecular weight excluding hydrogens is 364 g/mol. The first-order valence-corrected chi connectivity index (χ1v) is 9.37. The van der Waals surface area contributed by atoms with Crippen LogP contribution in [0.1, 0.15) is 12.5 Å². The SMILES string of the molecule is CCn1c(=NC(=O)Cc2ccc(OC)cc2OC)sc2cc(OC)ccc21. The maximum absolute atomic E-state index is 12.6. The molecule has 1 aromatic heterocycles. The van der Waals surface area contributed by atoms with Crippen LogP contribution in [-0.2, 0) is 17.8 Å². The van der Waals surface area contributed by atoms with Crippen molar-refractivity contribution >= 4 is 27.5 Å². The van der Waals surface area contributed by atoms with Crippen molar-refractivity contribution in [3.63, 3.8) is 0 Å². The lowest BCUT2D eigenvalue weighted by atomic mass is 10.1. The minimum absolute atomic E-state index is 0.161. The summed E-state index contributed by atoms with van der Waals surface area (Å²) >= 11 is 1.48. The van der Waals surface area contributed by atoms with Crippen LogP contribution in [0, 0.1) is 0 Å². The van der Waals surface area contributed by atoms with Gasteiger partial charge in [0.15, 0.2) is 4.80 Å². The van der Waals surface area contributed by atoms with E-state index in [1.807, 2.05) is 41.8 Å². The van der Waals surface area contributed by atoms with Crippen LogP contribution in [0.2, 0.25) is 0 Å². The van der Waals surface area contributed by atoms with Crippen molar-refractivity contribution in [2.45, 2.75) is 19.9 Å². The fraction of sp³-hybridized carbons (Fsp3) is 0.300. The quantitative estimate of drug-likeness (QED) is 0.651. The third-order valence-corrected chi connectivity index (χ3v) is 5.30. The van der Waals surface area contributed by atoms with Crippen LogP contribution in [0.4, 0.5) is 0 Å². The number of rotatable bonds is 6. The average molecular weight is 386 g/mol. The van der Waals surface area contributed by atoms with Gasteiger partial charge in [0.25, 0.3) is 5.91 Å². The van der Waals surface area contributed by atoms with Crippen LogP contribution >= 0.6 is 11.3 Å². The minimum atomic E-state index is -0.223. The molecular formula is C20H22N2O4S. The van der Waals surface area contributed by atoms with Crippen LogP contribution < -0.4 is 19.0 Å². The van der Waals surface area contributed by atoms with Gasteiger partial charge < -0.3 is 18.8 Å². The molecule has 0 N–H and O–H groups in total. The third kappa shape index (κ3) is 3.98. The second-order valence-corrected chi connectivity index (χ2v) is 6.83. The van der Waals surface area contributed by atoms with Crippen LogP contribution in [0.25, 0.3) is 10.2 Å². The largest absolute Gasteiger partial charge is 0.497 e. The summed E-state index contributed by atoms with van der Waals surface area (Å²) in [6.07, 6.45) is 0.161. The van der Waals surface area contributed by atoms with Gasteiger partial charge in [-0.15, -0.1) is 0 Å². The average Bonchev–Trinajstić information content (AvgIpc) is 3.03. The van der Waals surface area contributed by atoms with Crippen molar-refractivity contribution in [2.24, 2.45) is 4.99 Å². The molecule has 0 bridgehead atoms.